The maximum Gasteiger partial charge on any atom is 0.211 e. The topological polar surface area (TPSA) is 38.3 Å². The summed E-state index contributed by atoms with van der Waals surface area (Å²) in [6.07, 6.45) is 1.61. The van der Waals surface area contributed by atoms with E-state index in [4.69, 9.17) is 4.74 Å². The van der Waals surface area contributed by atoms with Gasteiger partial charge in [0, 0.05) is 0 Å². The van der Waals surface area contributed by atoms with Crippen LogP contribution in [0, 0.1) is 6.92 Å². The molecule has 1 N–H and O–H groups in total. The van der Waals surface area contributed by atoms with Gasteiger partial charge in [0.2, 0.25) is 6.41 Å². The van der Waals surface area contributed by atoms with Crippen LogP contribution >= 0.6 is 0 Å². The Balaban J connectivity index is 2.84. The van der Waals surface area contributed by atoms with Crippen LogP contribution in [-0.4, -0.2) is 13.0 Å². The van der Waals surface area contributed by atoms with E-state index in [0.717, 1.165) is 23.4 Å². The maximum absolute atomic E-state index is 10.3. The fourth-order valence-electron chi connectivity index (χ4n) is 1.14. The molecule has 0 fully saturated rings. The van der Waals surface area contributed by atoms with E-state index in [0.29, 0.717) is 13.0 Å². The van der Waals surface area contributed by atoms with Crippen molar-refractivity contribution in [2.45, 2.75) is 20.3 Å². The zero-order valence-corrected chi connectivity index (χ0v) is 8.54. The third kappa shape index (κ3) is 2.76. The van der Waals surface area contributed by atoms with Gasteiger partial charge in [-0.25, -0.2) is 0 Å². The van der Waals surface area contributed by atoms with Crippen molar-refractivity contribution in [1.29, 1.82) is 0 Å². The molecule has 0 aliphatic carbocycles. The van der Waals surface area contributed by atoms with E-state index < -0.39 is 0 Å². The number of aryl methyl sites for hydroxylation is 1. The largest absolute Gasteiger partial charge is 0.491 e. The second kappa shape index (κ2) is 5.27. The molecule has 0 saturated heterocycles. The summed E-state index contributed by atoms with van der Waals surface area (Å²) in [7, 11) is 0. The van der Waals surface area contributed by atoms with E-state index >= 15 is 0 Å². The number of benzene rings is 1. The van der Waals surface area contributed by atoms with E-state index in [-0.39, 0.29) is 0 Å². The molecular formula is C11H15NO2. The number of carbonyl (C=O) groups is 1. The number of hydrogen-bond acceptors (Lipinski definition) is 2. The van der Waals surface area contributed by atoms with Crippen molar-refractivity contribution in [2.75, 3.05) is 11.9 Å². The van der Waals surface area contributed by atoms with Crippen LogP contribution in [0.25, 0.3) is 0 Å². The van der Waals surface area contributed by atoms with E-state index in [1.807, 2.05) is 32.0 Å². The Morgan fingerprint density at radius 2 is 2.29 bits per heavy atom. The number of hydrogen-bond donors (Lipinski definition) is 1. The molecule has 0 saturated carbocycles. The lowest BCUT2D eigenvalue weighted by molar-refractivity contribution is -0.105. The Hall–Kier alpha value is -1.51. The molecule has 0 unspecified atom stereocenters. The Kier molecular flexibility index (Phi) is 3.98. The average Bonchev–Trinajstić information content (AvgIpc) is 2.18. The summed E-state index contributed by atoms with van der Waals surface area (Å²) in [5.74, 6) is 0.735. The number of anilines is 1. The molecule has 3 nitrogen and oxygen atoms in total. The lowest BCUT2D eigenvalue weighted by Gasteiger charge is -2.10. The first-order valence-corrected chi connectivity index (χ1v) is 4.71. The van der Waals surface area contributed by atoms with E-state index in [9.17, 15) is 4.79 Å². The lowest BCUT2D eigenvalue weighted by Crippen LogP contribution is -2.01. The molecule has 76 valence electrons. The van der Waals surface area contributed by atoms with Gasteiger partial charge in [-0.3, -0.25) is 4.79 Å². The van der Waals surface area contributed by atoms with Gasteiger partial charge in [0.05, 0.1) is 12.3 Å². The highest BCUT2D eigenvalue weighted by Gasteiger charge is 2.02. The van der Waals surface area contributed by atoms with Gasteiger partial charge in [-0.1, -0.05) is 13.0 Å². The van der Waals surface area contributed by atoms with Gasteiger partial charge in [0.15, 0.2) is 0 Å². The zero-order chi connectivity index (χ0) is 10.4. The summed E-state index contributed by atoms with van der Waals surface area (Å²) in [6.45, 7) is 4.70. The second-order valence-electron chi connectivity index (χ2n) is 3.11. The summed E-state index contributed by atoms with van der Waals surface area (Å²) < 4.78 is 5.50. The Morgan fingerprint density at radius 1 is 1.50 bits per heavy atom. The van der Waals surface area contributed by atoms with Crippen LogP contribution in [0.3, 0.4) is 0 Å². The van der Waals surface area contributed by atoms with Crippen LogP contribution in [0.4, 0.5) is 5.69 Å². The first kappa shape index (κ1) is 10.6. The van der Waals surface area contributed by atoms with Crippen molar-refractivity contribution in [3.05, 3.63) is 23.8 Å². The standard InChI is InChI=1S/C11H15NO2/c1-3-6-14-11-7-9(2)4-5-10(11)12-8-13/h4-5,7-8H,3,6H2,1-2H3,(H,12,13). The van der Waals surface area contributed by atoms with Gasteiger partial charge < -0.3 is 10.1 Å². The molecule has 0 atom stereocenters. The van der Waals surface area contributed by atoms with E-state index in [2.05, 4.69) is 5.32 Å². The predicted molar refractivity (Wildman–Crippen MR) is 56.7 cm³/mol. The molecular weight excluding hydrogens is 178 g/mol. The van der Waals surface area contributed by atoms with E-state index in [1.165, 1.54) is 0 Å². The monoisotopic (exact) mass is 193 g/mol. The van der Waals surface area contributed by atoms with Gasteiger partial charge in [0.25, 0.3) is 0 Å². The SMILES string of the molecule is CCCOc1cc(C)ccc1NC=O. The number of amides is 1. The van der Waals surface area contributed by atoms with Crippen molar-refractivity contribution in [2.24, 2.45) is 0 Å². The molecule has 0 aromatic heterocycles. The fraction of sp³-hybridized carbons (Fsp3) is 0.364. The minimum absolute atomic E-state index is 0.656. The third-order valence-corrected chi connectivity index (χ3v) is 1.81. The van der Waals surface area contributed by atoms with Crippen molar-refractivity contribution in [3.63, 3.8) is 0 Å². The molecule has 0 radical (unpaired) electrons. The minimum atomic E-state index is 0.656. The summed E-state index contributed by atoms with van der Waals surface area (Å²) >= 11 is 0. The Bertz CT molecular complexity index is 310. The highest BCUT2D eigenvalue weighted by Crippen LogP contribution is 2.25. The van der Waals surface area contributed by atoms with Crippen LogP contribution in [0.5, 0.6) is 5.75 Å². The lowest BCUT2D eigenvalue weighted by atomic mass is 10.2. The van der Waals surface area contributed by atoms with Crippen molar-refractivity contribution < 1.29 is 9.53 Å². The summed E-state index contributed by atoms with van der Waals surface area (Å²) in [6, 6.07) is 5.70. The van der Waals surface area contributed by atoms with Gasteiger partial charge in [0.1, 0.15) is 5.75 Å². The molecule has 1 aromatic carbocycles. The smallest absolute Gasteiger partial charge is 0.211 e. The minimum Gasteiger partial charge on any atom is -0.491 e. The molecule has 0 heterocycles. The first-order valence-electron chi connectivity index (χ1n) is 4.71. The molecule has 1 amide bonds. The van der Waals surface area contributed by atoms with Gasteiger partial charge in [-0.05, 0) is 31.0 Å². The molecule has 0 bridgehead atoms. The summed E-state index contributed by atoms with van der Waals surface area (Å²) in [5, 5.41) is 2.61. The number of carbonyl (C=O) groups excluding carboxylic acids is 1. The highest BCUT2D eigenvalue weighted by molar-refractivity contribution is 5.75. The number of rotatable bonds is 5. The molecule has 1 rings (SSSR count). The quantitative estimate of drug-likeness (QED) is 0.729. The number of nitrogens with one attached hydrogen (secondary N) is 1. The summed E-state index contributed by atoms with van der Waals surface area (Å²) in [5.41, 5.74) is 1.84. The summed E-state index contributed by atoms with van der Waals surface area (Å²) in [4.78, 5) is 10.3. The third-order valence-electron chi connectivity index (χ3n) is 1.81. The van der Waals surface area contributed by atoms with Crippen LogP contribution in [0.2, 0.25) is 0 Å². The molecule has 3 heteroatoms. The maximum atomic E-state index is 10.3. The van der Waals surface area contributed by atoms with Crippen molar-refractivity contribution in [1.82, 2.24) is 0 Å². The average molecular weight is 193 g/mol. The Morgan fingerprint density at radius 3 is 2.93 bits per heavy atom. The van der Waals surface area contributed by atoms with Crippen molar-refractivity contribution >= 4 is 12.1 Å². The Labute approximate surface area is 84.1 Å². The number of ether oxygens (including phenoxy) is 1. The normalized spacial score (nSPS) is 9.57. The second-order valence-corrected chi connectivity index (χ2v) is 3.11. The molecule has 1 aromatic rings. The molecule has 14 heavy (non-hydrogen) atoms. The van der Waals surface area contributed by atoms with Crippen LogP contribution in [-0.2, 0) is 4.79 Å². The molecule has 0 aliphatic heterocycles. The van der Waals surface area contributed by atoms with Gasteiger partial charge in [-0.15, -0.1) is 0 Å². The predicted octanol–water partition coefficient (Wildman–Crippen LogP) is 2.35. The zero-order valence-electron chi connectivity index (χ0n) is 8.54. The fourth-order valence-corrected chi connectivity index (χ4v) is 1.14. The van der Waals surface area contributed by atoms with Crippen LogP contribution in [0.15, 0.2) is 18.2 Å². The first-order chi connectivity index (χ1) is 6.77. The van der Waals surface area contributed by atoms with Crippen molar-refractivity contribution in [3.8, 4) is 5.75 Å². The van der Waals surface area contributed by atoms with Crippen LogP contribution in [0.1, 0.15) is 18.9 Å². The van der Waals surface area contributed by atoms with Crippen LogP contribution < -0.4 is 10.1 Å². The van der Waals surface area contributed by atoms with E-state index in [1.54, 1.807) is 0 Å². The molecule has 0 aliphatic rings. The highest BCUT2D eigenvalue weighted by atomic mass is 16.5. The van der Waals surface area contributed by atoms with Gasteiger partial charge in [-0.2, -0.15) is 0 Å². The van der Waals surface area contributed by atoms with Gasteiger partial charge >= 0.3 is 0 Å². The molecule has 0 spiro atoms.